The van der Waals surface area contributed by atoms with Crippen LogP contribution in [0.1, 0.15) is 50.9 Å². The van der Waals surface area contributed by atoms with Gasteiger partial charge in [-0.25, -0.2) is 22.0 Å². The van der Waals surface area contributed by atoms with Gasteiger partial charge in [0.15, 0.2) is 11.4 Å². The molecule has 0 atom stereocenters. The monoisotopic (exact) mass is 607 g/mol. The fourth-order valence-electron chi connectivity index (χ4n) is 4.61. The fourth-order valence-corrected chi connectivity index (χ4v) is 6.22. The topological polar surface area (TPSA) is 139 Å². The van der Waals surface area contributed by atoms with Gasteiger partial charge in [0.2, 0.25) is 16.6 Å². The van der Waals surface area contributed by atoms with E-state index in [9.17, 15) is 21.6 Å². The van der Waals surface area contributed by atoms with E-state index in [0.29, 0.717) is 5.69 Å². The first-order valence-electron chi connectivity index (χ1n) is 13.4. The SMILES string of the molecule is CC(C)c1cc(-c2ccccc2)cc(C(C)C)[n+]1CC(=O)Nc1ccc(S(=O)(=O)Nc2cccc(S(N)(=O)=O)c2)cc1. The Morgan fingerprint density at radius 3 is 1.86 bits per heavy atom. The van der Waals surface area contributed by atoms with Crippen molar-refractivity contribution in [1.82, 2.24) is 0 Å². The summed E-state index contributed by atoms with van der Waals surface area (Å²) in [5.74, 6) is 0.0908. The Bertz CT molecular complexity index is 1780. The van der Waals surface area contributed by atoms with Gasteiger partial charge in [-0.05, 0) is 53.6 Å². The maximum Gasteiger partial charge on any atom is 0.290 e. The molecular formula is C31H35N4O5S2+. The highest BCUT2D eigenvalue weighted by molar-refractivity contribution is 7.92. The second kappa shape index (κ2) is 12.4. The molecule has 1 heterocycles. The number of nitrogens with one attached hydrogen (secondary N) is 2. The minimum atomic E-state index is -4.03. The van der Waals surface area contributed by atoms with Crippen molar-refractivity contribution in [2.24, 2.45) is 5.14 Å². The third-order valence-corrected chi connectivity index (χ3v) is 8.99. The molecule has 4 N–H and O–H groups in total. The smallest absolute Gasteiger partial charge is 0.290 e. The predicted octanol–water partition coefficient (Wildman–Crippen LogP) is 4.97. The summed E-state index contributed by atoms with van der Waals surface area (Å²) in [4.78, 5) is 12.9. The van der Waals surface area contributed by atoms with Crippen LogP contribution in [-0.4, -0.2) is 22.7 Å². The van der Waals surface area contributed by atoms with E-state index in [4.69, 9.17) is 5.14 Å². The molecule has 0 bridgehead atoms. The minimum absolute atomic E-state index is 0.0520. The number of anilines is 2. The van der Waals surface area contributed by atoms with Gasteiger partial charge >= 0.3 is 0 Å². The number of rotatable bonds is 10. The Labute approximate surface area is 247 Å². The number of carbonyl (C=O) groups is 1. The van der Waals surface area contributed by atoms with Gasteiger partial charge in [-0.3, -0.25) is 9.52 Å². The Morgan fingerprint density at radius 1 is 0.714 bits per heavy atom. The Morgan fingerprint density at radius 2 is 1.31 bits per heavy atom. The summed E-state index contributed by atoms with van der Waals surface area (Å²) in [6.07, 6.45) is 0. The third kappa shape index (κ3) is 7.41. The molecular weight excluding hydrogens is 572 g/mol. The maximum atomic E-state index is 13.2. The third-order valence-electron chi connectivity index (χ3n) is 6.69. The summed E-state index contributed by atoms with van der Waals surface area (Å²) in [7, 11) is -8.02. The number of hydrogen-bond acceptors (Lipinski definition) is 5. The molecule has 0 radical (unpaired) electrons. The largest absolute Gasteiger partial charge is 0.321 e. The van der Waals surface area contributed by atoms with E-state index in [-0.39, 0.29) is 39.8 Å². The van der Waals surface area contributed by atoms with Gasteiger partial charge < -0.3 is 5.32 Å². The van der Waals surface area contributed by atoms with Crippen molar-refractivity contribution < 1.29 is 26.2 Å². The fraction of sp³-hybridized carbons (Fsp3) is 0.226. The van der Waals surface area contributed by atoms with Crippen LogP contribution in [0.5, 0.6) is 0 Å². The summed E-state index contributed by atoms with van der Waals surface area (Å²) in [5, 5.41) is 8.01. The second-order valence-electron chi connectivity index (χ2n) is 10.6. The lowest BCUT2D eigenvalue weighted by molar-refractivity contribution is -0.700. The number of pyridine rings is 1. The van der Waals surface area contributed by atoms with Crippen molar-refractivity contribution >= 4 is 37.3 Å². The zero-order chi connectivity index (χ0) is 30.7. The van der Waals surface area contributed by atoms with Crippen LogP contribution in [0, 0.1) is 0 Å². The highest BCUT2D eigenvalue weighted by atomic mass is 32.2. The van der Waals surface area contributed by atoms with Crippen LogP contribution < -0.4 is 19.7 Å². The summed E-state index contributed by atoms with van der Waals surface area (Å²) in [6, 6.07) is 25.4. The molecule has 0 saturated heterocycles. The van der Waals surface area contributed by atoms with Crippen LogP contribution in [0.2, 0.25) is 0 Å². The molecule has 0 aliphatic rings. The van der Waals surface area contributed by atoms with Crippen molar-refractivity contribution in [1.29, 1.82) is 0 Å². The van der Waals surface area contributed by atoms with E-state index in [1.165, 1.54) is 42.5 Å². The first-order chi connectivity index (χ1) is 19.7. The molecule has 220 valence electrons. The van der Waals surface area contributed by atoms with Gasteiger partial charge in [0, 0.05) is 29.7 Å². The van der Waals surface area contributed by atoms with E-state index in [0.717, 1.165) is 28.6 Å². The quantitative estimate of drug-likeness (QED) is 0.218. The molecule has 9 nitrogen and oxygen atoms in total. The first kappa shape index (κ1) is 30.9. The number of nitrogens with two attached hydrogens (primary N) is 1. The molecule has 1 aromatic heterocycles. The molecule has 0 fully saturated rings. The van der Waals surface area contributed by atoms with Crippen molar-refractivity contribution in [2.75, 3.05) is 10.0 Å². The van der Waals surface area contributed by atoms with Crippen LogP contribution in [0.15, 0.2) is 101 Å². The van der Waals surface area contributed by atoms with Crippen LogP contribution in [0.3, 0.4) is 0 Å². The number of sulfonamides is 2. The summed E-state index contributed by atoms with van der Waals surface area (Å²) >= 11 is 0. The Hall–Kier alpha value is -4.06. The standard InChI is InChI=1S/C31H34N4O5S2/c1-21(2)29-17-24(23-9-6-5-7-10-23)18-30(22(3)4)35(29)20-31(36)33-25-13-15-27(16-14-25)42(39,40)34-26-11-8-12-28(19-26)41(32,37)38/h5-19,21-22,34H,20H2,1-4H3,(H2-,32,33,36,37,38)/p+1. The normalized spacial score (nSPS) is 12.0. The lowest BCUT2D eigenvalue weighted by Crippen LogP contribution is -2.48. The zero-order valence-corrected chi connectivity index (χ0v) is 25.5. The minimum Gasteiger partial charge on any atom is -0.321 e. The number of aromatic nitrogens is 1. The van der Waals surface area contributed by atoms with E-state index >= 15 is 0 Å². The van der Waals surface area contributed by atoms with Gasteiger partial charge in [0.05, 0.1) is 15.5 Å². The number of amides is 1. The van der Waals surface area contributed by atoms with Gasteiger partial charge in [0.25, 0.3) is 15.9 Å². The number of hydrogen-bond donors (Lipinski definition) is 3. The number of nitrogens with zero attached hydrogens (tertiary/aromatic N) is 1. The van der Waals surface area contributed by atoms with Gasteiger partial charge in [-0.2, -0.15) is 4.57 Å². The number of benzene rings is 3. The van der Waals surface area contributed by atoms with Crippen molar-refractivity contribution in [3.63, 3.8) is 0 Å². The summed E-state index contributed by atoms with van der Waals surface area (Å²) in [5.41, 5.74) is 4.77. The van der Waals surface area contributed by atoms with E-state index < -0.39 is 20.0 Å². The zero-order valence-electron chi connectivity index (χ0n) is 23.9. The van der Waals surface area contributed by atoms with Crippen LogP contribution >= 0.6 is 0 Å². The average molecular weight is 608 g/mol. The molecule has 1 amide bonds. The molecule has 0 aliphatic heterocycles. The molecule has 0 unspecified atom stereocenters. The molecule has 0 saturated carbocycles. The Balaban J connectivity index is 1.53. The number of carbonyl (C=O) groups excluding carboxylic acids is 1. The molecule has 4 rings (SSSR count). The van der Waals surface area contributed by atoms with Crippen LogP contribution in [0.25, 0.3) is 11.1 Å². The Kier molecular flexibility index (Phi) is 9.15. The van der Waals surface area contributed by atoms with Gasteiger partial charge in [-0.15, -0.1) is 0 Å². The number of primary sulfonamides is 1. The van der Waals surface area contributed by atoms with Gasteiger partial charge in [-0.1, -0.05) is 64.1 Å². The average Bonchev–Trinajstić information content (AvgIpc) is 2.93. The molecule has 42 heavy (non-hydrogen) atoms. The first-order valence-corrected chi connectivity index (χ1v) is 16.5. The molecule has 3 aromatic carbocycles. The summed E-state index contributed by atoms with van der Waals surface area (Å²) in [6.45, 7) is 8.49. The highest BCUT2D eigenvalue weighted by Crippen LogP contribution is 2.26. The lowest BCUT2D eigenvalue weighted by Gasteiger charge is -2.16. The van der Waals surface area contributed by atoms with E-state index in [1.54, 1.807) is 0 Å². The molecule has 0 spiro atoms. The van der Waals surface area contributed by atoms with E-state index in [2.05, 4.69) is 66.6 Å². The van der Waals surface area contributed by atoms with Crippen LogP contribution in [0.4, 0.5) is 11.4 Å². The summed E-state index contributed by atoms with van der Waals surface area (Å²) < 4.78 is 53.4. The van der Waals surface area contributed by atoms with Gasteiger partial charge in [0.1, 0.15) is 0 Å². The molecule has 0 aliphatic carbocycles. The lowest BCUT2D eigenvalue weighted by atomic mass is 9.97. The predicted molar refractivity (Wildman–Crippen MR) is 164 cm³/mol. The second-order valence-corrected chi connectivity index (χ2v) is 13.9. The van der Waals surface area contributed by atoms with Crippen molar-refractivity contribution in [2.45, 2.75) is 55.9 Å². The van der Waals surface area contributed by atoms with Crippen LogP contribution in [-0.2, 0) is 31.4 Å². The molecule has 11 heteroatoms. The van der Waals surface area contributed by atoms with Crippen molar-refractivity contribution in [3.05, 3.63) is 102 Å². The van der Waals surface area contributed by atoms with E-state index in [1.807, 2.05) is 18.2 Å². The maximum absolute atomic E-state index is 13.2. The van der Waals surface area contributed by atoms with Crippen molar-refractivity contribution in [3.8, 4) is 11.1 Å². The highest BCUT2D eigenvalue weighted by Gasteiger charge is 2.26. The molecule has 4 aromatic rings.